The van der Waals surface area contributed by atoms with Gasteiger partial charge < -0.3 is 5.73 Å². The maximum atomic E-state index is 12.0. The molecule has 1 unspecified atom stereocenters. The summed E-state index contributed by atoms with van der Waals surface area (Å²) in [6.07, 6.45) is 1.89. The molecule has 1 aliphatic carbocycles. The summed E-state index contributed by atoms with van der Waals surface area (Å²) in [7, 11) is -3.32. The predicted molar refractivity (Wildman–Crippen MR) is 69.6 cm³/mol. The normalized spacial score (nSPS) is 24.9. The highest BCUT2D eigenvalue weighted by atomic mass is 32.2. The van der Waals surface area contributed by atoms with E-state index in [2.05, 4.69) is 4.72 Å². The Bertz CT molecular complexity index is 412. The van der Waals surface area contributed by atoms with Crippen LogP contribution in [0.4, 0.5) is 0 Å². The van der Waals surface area contributed by atoms with Crippen molar-refractivity contribution in [1.82, 2.24) is 13.9 Å². The number of hydrogen-bond donors (Lipinski definition) is 3. The monoisotopic (exact) mass is 275 g/mol. The Morgan fingerprint density at radius 3 is 2.33 bits per heavy atom. The van der Waals surface area contributed by atoms with Crippen LogP contribution in [0, 0.1) is 5.41 Å². The number of nitrogens with one attached hydrogen (secondary N) is 2. The van der Waals surface area contributed by atoms with Gasteiger partial charge in [-0.15, -0.1) is 0 Å². The van der Waals surface area contributed by atoms with Crippen molar-refractivity contribution in [2.45, 2.75) is 31.8 Å². The van der Waals surface area contributed by atoms with Gasteiger partial charge in [0.15, 0.2) is 0 Å². The summed E-state index contributed by atoms with van der Waals surface area (Å²) in [6.45, 7) is 4.02. The van der Waals surface area contributed by atoms with E-state index < -0.39 is 10.2 Å². The molecule has 1 saturated carbocycles. The molecule has 1 heterocycles. The molecular formula is C10H21N5O2S. The van der Waals surface area contributed by atoms with Gasteiger partial charge in [0.05, 0.1) is 6.04 Å². The fraction of sp³-hybridized carbons (Fsp3) is 0.900. The van der Waals surface area contributed by atoms with Crippen molar-refractivity contribution in [1.29, 1.82) is 5.41 Å². The van der Waals surface area contributed by atoms with E-state index in [1.165, 1.54) is 4.31 Å². The van der Waals surface area contributed by atoms with Gasteiger partial charge >= 0.3 is 0 Å². The van der Waals surface area contributed by atoms with Gasteiger partial charge in [-0.05, 0) is 19.8 Å². The molecule has 1 atom stereocenters. The zero-order valence-electron chi connectivity index (χ0n) is 10.6. The van der Waals surface area contributed by atoms with Crippen molar-refractivity contribution in [2.75, 3.05) is 26.2 Å². The third-order valence-corrected chi connectivity index (χ3v) is 5.18. The first-order chi connectivity index (χ1) is 8.40. The van der Waals surface area contributed by atoms with E-state index in [1.54, 1.807) is 0 Å². The van der Waals surface area contributed by atoms with Crippen molar-refractivity contribution in [3.63, 3.8) is 0 Å². The maximum Gasteiger partial charge on any atom is 0.279 e. The van der Waals surface area contributed by atoms with Crippen LogP contribution in [0.3, 0.4) is 0 Å². The second-order valence-electron chi connectivity index (χ2n) is 4.96. The minimum Gasteiger partial charge on any atom is -0.386 e. The first-order valence-electron chi connectivity index (χ1n) is 6.25. The molecule has 2 rings (SSSR count). The summed E-state index contributed by atoms with van der Waals surface area (Å²) in [6, 6.07) is 0.0235. The van der Waals surface area contributed by atoms with E-state index in [0.29, 0.717) is 26.2 Å². The van der Waals surface area contributed by atoms with Crippen LogP contribution in [0.15, 0.2) is 0 Å². The summed E-state index contributed by atoms with van der Waals surface area (Å²) in [5.74, 6) is 0.127. The Balaban J connectivity index is 1.87. The van der Waals surface area contributed by atoms with Gasteiger partial charge in [0, 0.05) is 32.2 Å². The number of rotatable bonds is 5. The van der Waals surface area contributed by atoms with Crippen molar-refractivity contribution >= 4 is 16.0 Å². The molecule has 0 aromatic carbocycles. The average Bonchev–Trinajstić information content (AvgIpc) is 3.11. The minimum atomic E-state index is -3.32. The summed E-state index contributed by atoms with van der Waals surface area (Å²) in [5, 5.41) is 7.40. The van der Waals surface area contributed by atoms with Gasteiger partial charge in [-0.25, -0.2) is 0 Å². The largest absolute Gasteiger partial charge is 0.386 e. The van der Waals surface area contributed by atoms with Gasteiger partial charge in [0.25, 0.3) is 10.2 Å². The van der Waals surface area contributed by atoms with Gasteiger partial charge in [0.2, 0.25) is 0 Å². The molecule has 1 saturated heterocycles. The van der Waals surface area contributed by atoms with Crippen LogP contribution >= 0.6 is 0 Å². The highest BCUT2D eigenvalue weighted by molar-refractivity contribution is 7.87. The van der Waals surface area contributed by atoms with Gasteiger partial charge in [-0.2, -0.15) is 17.4 Å². The quantitative estimate of drug-likeness (QED) is 0.439. The molecule has 1 aliphatic heterocycles. The highest BCUT2D eigenvalue weighted by Gasteiger charge is 2.33. The Hall–Kier alpha value is -0.700. The van der Waals surface area contributed by atoms with E-state index in [9.17, 15) is 8.42 Å². The maximum absolute atomic E-state index is 12.0. The van der Waals surface area contributed by atoms with Crippen LogP contribution < -0.4 is 10.5 Å². The standard InChI is InChI=1S/C10H21N5O2S/c1-8(10(11)12)14-4-6-15(7-5-14)18(16,17)13-9-2-3-9/h8-9,13H,2-7H2,1H3,(H3,11,12). The third-order valence-electron chi connectivity index (χ3n) is 3.50. The van der Waals surface area contributed by atoms with Crippen molar-refractivity contribution in [3.05, 3.63) is 0 Å². The number of nitrogens with two attached hydrogens (primary N) is 1. The number of amidine groups is 1. The van der Waals surface area contributed by atoms with Crippen LogP contribution in [0.1, 0.15) is 19.8 Å². The van der Waals surface area contributed by atoms with Crippen molar-refractivity contribution in [2.24, 2.45) is 5.73 Å². The zero-order chi connectivity index (χ0) is 13.3. The van der Waals surface area contributed by atoms with Gasteiger partial charge in [-0.1, -0.05) is 0 Å². The molecule has 0 amide bonds. The predicted octanol–water partition coefficient (Wildman–Crippen LogP) is -1.07. The molecule has 2 aliphatic rings. The molecule has 0 aromatic rings. The lowest BCUT2D eigenvalue weighted by atomic mass is 10.2. The molecule has 0 bridgehead atoms. The minimum absolute atomic E-state index is 0.119. The molecule has 4 N–H and O–H groups in total. The Labute approximate surface area is 108 Å². The Kier molecular flexibility index (Phi) is 3.90. The molecule has 0 aromatic heterocycles. The fourth-order valence-electron chi connectivity index (χ4n) is 2.01. The molecule has 0 radical (unpaired) electrons. The molecular weight excluding hydrogens is 254 g/mol. The molecule has 2 fully saturated rings. The van der Waals surface area contributed by atoms with Crippen molar-refractivity contribution < 1.29 is 8.42 Å². The molecule has 18 heavy (non-hydrogen) atoms. The average molecular weight is 275 g/mol. The van der Waals surface area contributed by atoms with Crippen LogP contribution in [0.2, 0.25) is 0 Å². The van der Waals surface area contributed by atoms with Crippen LogP contribution in [0.25, 0.3) is 0 Å². The van der Waals surface area contributed by atoms with Crippen molar-refractivity contribution in [3.8, 4) is 0 Å². The second kappa shape index (κ2) is 5.12. The number of hydrogen-bond acceptors (Lipinski definition) is 4. The number of piperazine rings is 1. The highest BCUT2D eigenvalue weighted by Crippen LogP contribution is 2.21. The summed E-state index contributed by atoms with van der Waals surface area (Å²) in [5.41, 5.74) is 5.46. The van der Waals surface area contributed by atoms with E-state index in [-0.39, 0.29) is 17.9 Å². The third kappa shape index (κ3) is 3.19. The Morgan fingerprint density at radius 1 is 1.33 bits per heavy atom. The van der Waals surface area contributed by atoms with E-state index in [0.717, 1.165) is 12.8 Å². The van der Waals surface area contributed by atoms with E-state index in [4.69, 9.17) is 11.1 Å². The zero-order valence-corrected chi connectivity index (χ0v) is 11.4. The topological polar surface area (TPSA) is 103 Å². The van der Waals surface area contributed by atoms with E-state index in [1.807, 2.05) is 11.8 Å². The smallest absolute Gasteiger partial charge is 0.279 e. The molecule has 0 spiro atoms. The number of nitrogens with zero attached hydrogens (tertiary/aromatic N) is 2. The fourth-order valence-corrected chi connectivity index (χ4v) is 3.46. The van der Waals surface area contributed by atoms with Gasteiger partial charge in [0.1, 0.15) is 5.84 Å². The summed E-state index contributed by atoms with van der Waals surface area (Å²) in [4.78, 5) is 2.03. The second-order valence-corrected chi connectivity index (χ2v) is 6.67. The van der Waals surface area contributed by atoms with Crippen LogP contribution in [0.5, 0.6) is 0 Å². The summed E-state index contributed by atoms with van der Waals surface area (Å²) < 4.78 is 28.1. The molecule has 7 nitrogen and oxygen atoms in total. The lowest BCUT2D eigenvalue weighted by Gasteiger charge is -2.36. The molecule has 8 heteroatoms. The lowest BCUT2D eigenvalue weighted by Crippen LogP contribution is -2.56. The van der Waals surface area contributed by atoms with Crippen LogP contribution in [-0.4, -0.2) is 61.7 Å². The van der Waals surface area contributed by atoms with Crippen LogP contribution in [-0.2, 0) is 10.2 Å². The molecule has 104 valence electrons. The SMILES string of the molecule is CC(C(=N)N)N1CCN(S(=O)(=O)NC2CC2)CC1. The first-order valence-corrected chi connectivity index (χ1v) is 7.69. The van der Waals surface area contributed by atoms with E-state index >= 15 is 0 Å². The van der Waals surface area contributed by atoms with Gasteiger partial charge in [-0.3, -0.25) is 10.3 Å². The first kappa shape index (κ1) is 13.7. The lowest BCUT2D eigenvalue weighted by molar-refractivity contribution is 0.172. The Morgan fingerprint density at radius 2 is 1.89 bits per heavy atom. The summed E-state index contributed by atoms with van der Waals surface area (Å²) >= 11 is 0.